The van der Waals surface area contributed by atoms with E-state index < -0.39 is 48.5 Å². The lowest BCUT2D eigenvalue weighted by Crippen LogP contribution is -2.41. The van der Waals surface area contributed by atoms with Crippen molar-refractivity contribution in [2.45, 2.75) is 24.4 Å². The maximum absolute atomic E-state index is 14.2. The first-order valence-electron chi connectivity index (χ1n) is 8.60. The van der Waals surface area contributed by atoms with E-state index in [9.17, 15) is 28.3 Å². The van der Waals surface area contributed by atoms with Crippen molar-refractivity contribution in [3.05, 3.63) is 58.1 Å². The molecule has 1 aliphatic rings. The maximum Gasteiger partial charge on any atom is 0.351 e. The van der Waals surface area contributed by atoms with Crippen LogP contribution in [0.4, 0.5) is 14.6 Å². The van der Waals surface area contributed by atoms with Crippen LogP contribution in [0.1, 0.15) is 26.9 Å². The second kappa shape index (κ2) is 8.26. The molecule has 160 valence electrons. The van der Waals surface area contributed by atoms with Crippen LogP contribution in [-0.4, -0.2) is 63.5 Å². The van der Waals surface area contributed by atoms with Crippen LogP contribution in [-0.2, 0) is 9.47 Å². The number of carbonyl (C=O) groups excluding carboxylic acids is 2. The molecule has 0 bridgehead atoms. The number of esters is 1. The van der Waals surface area contributed by atoms with Gasteiger partial charge in [-0.3, -0.25) is 9.36 Å². The van der Waals surface area contributed by atoms with E-state index in [1.54, 1.807) is 0 Å². The van der Waals surface area contributed by atoms with Gasteiger partial charge in [0, 0.05) is 6.20 Å². The third kappa shape index (κ3) is 3.79. The summed E-state index contributed by atoms with van der Waals surface area (Å²) in [6.07, 6.45) is -5.17. The number of ether oxygens (including phenoxy) is 2. The molecule has 10 nitrogen and oxygen atoms in total. The molecule has 0 spiro atoms. The summed E-state index contributed by atoms with van der Waals surface area (Å²) in [4.78, 5) is 40.0. The molecule has 2 aromatic rings. The molecule has 12 heteroatoms. The van der Waals surface area contributed by atoms with E-state index in [1.165, 1.54) is 24.3 Å². The standard InChI is InChI=1S/C18H17F2N3O7/c1-29-15(27)10-5-3-2-4-9(10)14(26)21-12-6-7-23(17(28)22-12)16-18(19,20)13(25)11(8-24)30-16/h2-7,11,13,16,24-25H,8H2,1H3,(H,21,22,26,28)/t11-,13-,16-/m1/s1. The van der Waals surface area contributed by atoms with Crippen molar-refractivity contribution >= 4 is 17.7 Å². The Hall–Kier alpha value is -3.22. The number of hydrogen-bond donors (Lipinski definition) is 3. The molecule has 1 aromatic heterocycles. The van der Waals surface area contributed by atoms with E-state index in [-0.39, 0.29) is 16.9 Å². The number of nitrogens with one attached hydrogen (secondary N) is 1. The van der Waals surface area contributed by atoms with E-state index in [0.29, 0.717) is 4.57 Å². The second-order valence-corrected chi connectivity index (χ2v) is 6.32. The van der Waals surface area contributed by atoms with Crippen LogP contribution >= 0.6 is 0 Å². The van der Waals surface area contributed by atoms with Gasteiger partial charge in [-0.05, 0) is 18.2 Å². The second-order valence-electron chi connectivity index (χ2n) is 6.32. The zero-order chi connectivity index (χ0) is 22.1. The topological polar surface area (TPSA) is 140 Å². The molecule has 1 saturated heterocycles. The van der Waals surface area contributed by atoms with Crippen LogP contribution in [0, 0.1) is 0 Å². The summed E-state index contributed by atoms with van der Waals surface area (Å²) in [6, 6.07) is 6.83. The van der Waals surface area contributed by atoms with E-state index in [2.05, 4.69) is 15.0 Å². The number of aromatic nitrogens is 2. The van der Waals surface area contributed by atoms with Crippen LogP contribution in [0.3, 0.4) is 0 Å². The van der Waals surface area contributed by atoms with Gasteiger partial charge in [0.2, 0.25) is 6.23 Å². The van der Waals surface area contributed by atoms with Gasteiger partial charge in [-0.1, -0.05) is 12.1 Å². The van der Waals surface area contributed by atoms with Gasteiger partial charge in [0.15, 0.2) is 6.10 Å². The maximum atomic E-state index is 14.2. The summed E-state index contributed by atoms with van der Waals surface area (Å²) in [5, 5.41) is 20.9. The number of aliphatic hydroxyl groups is 2. The smallest absolute Gasteiger partial charge is 0.351 e. The quantitative estimate of drug-likeness (QED) is 0.576. The molecule has 0 saturated carbocycles. The number of anilines is 1. The van der Waals surface area contributed by atoms with Crippen LogP contribution < -0.4 is 11.0 Å². The summed E-state index contributed by atoms with van der Waals surface area (Å²) in [5.74, 6) is -5.65. The highest BCUT2D eigenvalue weighted by Crippen LogP contribution is 2.41. The zero-order valence-electron chi connectivity index (χ0n) is 15.5. The third-order valence-corrected chi connectivity index (χ3v) is 4.46. The lowest BCUT2D eigenvalue weighted by atomic mass is 10.1. The number of halogens is 2. The lowest BCUT2D eigenvalue weighted by Gasteiger charge is -2.21. The Morgan fingerprint density at radius 1 is 1.30 bits per heavy atom. The average molecular weight is 425 g/mol. The third-order valence-electron chi connectivity index (χ3n) is 4.46. The molecule has 1 amide bonds. The van der Waals surface area contributed by atoms with Crippen LogP contribution in [0.5, 0.6) is 0 Å². The molecule has 3 N–H and O–H groups in total. The molecule has 2 heterocycles. The number of alkyl halides is 2. The minimum absolute atomic E-state index is 0.0196. The SMILES string of the molecule is COC(=O)c1ccccc1C(=O)Nc1ccn([C@@H]2O[C@H](CO)[C@@H](O)C2(F)F)c(=O)n1. The highest BCUT2D eigenvalue weighted by atomic mass is 19.3. The highest BCUT2D eigenvalue weighted by molar-refractivity contribution is 6.10. The van der Waals surface area contributed by atoms with Crippen molar-refractivity contribution in [2.24, 2.45) is 0 Å². The van der Waals surface area contributed by atoms with Gasteiger partial charge in [-0.2, -0.15) is 13.8 Å². The fourth-order valence-corrected chi connectivity index (χ4v) is 2.93. The number of hydrogen-bond acceptors (Lipinski definition) is 8. The van der Waals surface area contributed by atoms with Crippen LogP contribution in [0.15, 0.2) is 41.3 Å². The van der Waals surface area contributed by atoms with E-state index in [4.69, 9.17) is 9.84 Å². The number of amides is 1. The van der Waals surface area contributed by atoms with Crippen molar-refractivity contribution in [3.63, 3.8) is 0 Å². The number of rotatable bonds is 5. The van der Waals surface area contributed by atoms with Gasteiger partial charge in [0.25, 0.3) is 5.91 Å². The fourth-order valence-electron chi connectivity index (χ4n) is 2.93. The summed E-state index contributed by atoms with van der Waals surface area (Å²) >= 11 is 0. The van der Waals surface area contributed by atoms with Crippen LogP contribution in [0.2, 0.25) is 0 Å². The van der Waals surface area contributed by atoms with Gasteiger partial charge < -0.3 is 25.0 Å². The zero-order valence-corrected chi connectivity index (χ0v) is 15.5. The minimum atomic E-state index is -3.86. The van der Waals surface area contributed by atoms with Gasteiger partial charge in [-0.25, -0.2) is 9.59 Å². The largest absolute Gasteiger partial charge is 0.465 e. The van der Waals surface area contributed by atoms with Gasteiger partial charge in [0.1, 0.15) is 11.9 Å². The number of carbonyl (C=O) groups is 2. The molecule has 30 heavy (non-hydrogen) atoms. The Labute approximate surface area is 167 Å². The van der Waals surface area contributed by atoms with Gasteiger partial charge in [-0.15, -0.1) is 0 Å². The number of methoxy groups -OCH3 is 1. The molecule has 3 rings (SSSR count). The van der Waals surface area contributed by atoms with Gasteiger partial charge >= 0.3 is 17.6 Å². The molecule has 3 atom stereocenters. The Bertz CT molecular complexity index is 1030. The van der Waals surface area contributed by atoms with E-state index in [1.807, 2.05) is 0 Å². The summed E-state index contributed by atoms with van der Waals surface area (Å²) in [7, 11) is 1.15. The Balaban J connectivity index is 1.85. The predicted molar refractivity (Wildman–Crippen MR) is 96.2 cm³/mol. The van der Waals surface area contributed by atoms with Gasteiger partial charge in [0.05, 0.1) is 24.8 Å². The van der Waals surface area contributed by atoms with Crippen molar-refractivity contribution in [3.8, 4) is 0 Å². The number of aliphatic hydroxyl groups excluding tert-OH is 2. The van der Waals surface area contributed by atoms with Crippen molar-refractivity contribution in [1.29, 1.82) is 0 Å². The molecule has 0 radical (unpaired) electrons. The highest BCUT2D eigenvalue weighted by Gasteiger charge is 2.59. The molecule has 1 aliphatic heterocycles. The summed E-state index contributed by atoms with van der Waals surface area (Å²) in [6.45, 7) is -0.872. The van der Waals surface area contributed by atoms with Crippen LogP contribution in [0.25, 0.3) is 0 Å². The van der Waals surface area contributed by atoms with Crippen molar-refractivity contribution in [2.75, 3.05) is 19.0 Å². The first-order chi connectivity index (χ1) is 14.2. The van der Waals surface area contributed by atoms with Crippen molar-refractivity contribution in [1.82, 2.24) is 9.55 Å². The monoisotopic (exact) mass is 425 g/mol. The lowest BCUT2D eigenvalue weighted by molar-refractivity contribution is -0.140. The average Bonchev–Trinajstić information content (AvgIpc) is 2.96. The molecule has 1 aromatic carbocycles. The molecule has 1 fully saturated rings. The Kier molecular flexibility index (Phi) is 5.92. The fraction of sp³-hybridized carbons (Fsp3) is 0.333. The molecule has 0 aliphatic carbocycles. The molecular formula is C18H17F2N3O7. The molecular weight excluding hydrogens is 408 g/mol. The summed E-state index contributed by atoms with van der Waals surface area (Å²) in [5.41, 5.74) is -1.26. The number of nitrogens with zero attached hydrogens (tertiary/aromatic N) is 2. The summed E-state index contributed by atoms with van der Waals surface area (Å²) < 4.78 is 38.3. The van der Waals surface area contributed by atoms with E-state index in [0.717, 1.165) is 19.4 Å². The Morgan fingerprint density at radius 3 is 2.53 bits per heavy atom. The minimum Gasteiger partial charge on any atom is -0.465 e. The van der Waals surface area contributed by atoms with Crippen molar-refractivity contribution < 1.29 is 38.1 Å². The Morgan fingerprint density at radius 2 is 1.97 bits per heavy atom. The predicted octanol–water partition coefficient (Wildman–Crippen LogP) is 0.168. The first-order valence-corrected chi connectivity index (χ1v) is 8.60. The molecule has 0 unspecified atom stereocenters. The normalized spacial score (nSPS) is 22.5. The number of benzene rings is 1. The van der Waals surface area contributed by atoms with E-state index >= 15 is 0 Å². The first kappa shape index (κ1) is 21.5.